The Morgan fingerprint density at radius 1 is 1.33 bits per heavy atom. The molecule has 6 heteroatoms. The van der Waals surface area contributed by atoms with Crippen molar-refractivity contribution in [2.45, 2.75) is 26.3 Å². The normalized spacial score (nSPS) is 18.3. The van der Waals surface area contributed by atoms with Gasteiger partial charge in [-0.3, -0.25) is 4.68 Å². The predicted molar refractivity (Wildman–Crippen MR) is 109 cm³/mol. The Morgan fingerprint density at radius 2 is 2.08 bits per heavy atom. The van der Waals surface area contributed by atoms with Crippen LogP contribution in [-0.2, 0) is 13.6 Å². The summed E-state index contributed by atoms with van der Waals surface area (Å²) in [7, 11) is 1.94. The number of halogens is 1. The number of aromatic nitrogens is 2. The highest BCUT2D eigenvalue weighted by atomic mass is 127. The third-order valence-electron chi connectivity index (χ3n) is 4.34. The van der Waals surface area contributed by atoms with E-state index in [1.54, 1.807) is 0 Å². The molecule has 1 fully saturated rings. The fourth-order valence-electron chi connectivity index (χ4n) is 3.16. The summed E-state index contributed by atoms with van der Waals surface area (Å²) in [5.41, 5.74) is 9.40. The average Bonchev–Trinajstić information content (AvgIpc) is 2.94. The van der Waals surface area contributed by atoms with Gasteiger partial charge in [0.05, 0.1) is 12.2 Å². The Balaban J connectivity index is 0.00000208. The lowest BCUT2D eigenvalue weighted by Gasteiger charge is -2.31. The van der Waals surface area contributed by atoms with Gasteiger partial charge in [0.1, 0.15) is 0 Å². The van der Waals surface area contributed by atoms with E-state index in [-0.39, 0.29) is 24.0 Å². The molecule has 2 aromatic rings. The minimum Gasteiger partial charge on any atom is -0.370 e. The summed E-state index contributed by atoms with van der Waals surface area (Å²) in [4.78, 5) is 6.82. The third-order valence-corrected chi connectivity index (χ3v) is 4.34. The van der Waals surface area contributed by atoms with Crippen molar-refractivity contribution >= 4 is 29.9 Å². The highest BCUT2D eigenvalue weighted by Crippen LogP contribution is 2.22. The lowest BCUT2D eigenvalue weighted by Crippen LogP contribution is -2.43. The average molecular weight is 439 g/mol. The number of hydrogen-bond acceptors (Lipinski definition) is 2. The van der Waals surface area contributed by atoms with Crippen LogP contribution in [0.25, 0.3) is 11.3 Å². The molecule has 130 valence electrons. The van der Waals surface area contributed by atoms with Crippen LogP contribution in [0.5, 0.6) is 0 Å². The molecule has 24 heavy (non-hydrogen) atoms. The van der Waals surface area contributed by atoms with Crippen molar-refractivity contribution in [3.8, 4) is 11.3 Å². The molecule has 0 spiro atoms. The summed E-state index contributed by atoms with van der Waals surface area (Å²) in [5.74, 6) is 1.34. The Labute approximate surface area is 161 Å². The number of guanidine groups is 1. The number of hydrogen-bond donors (Lipinski definition) is 1. The van der Waals surface area contributed by atoms with Crippen LogP contribution < -0.4 is 5.73 Å². The van der Waals surface area contributed by atoms with Crippen LogP contribution in [-0.4, -0.2) is 33.7 Å². The van der Waals surface area contributed by atoms with Gasteiger partial charge in [-0.1, -0.05) is 37.3 Å². The number of aliphatic imine (C=N–C) groups is 1. The van der Waals surface area contributed by atoms with Crippen LogP contribution in [0.1, 0.15) is 25.3 Å². The molecule has 1 aliphatic heterocycles. The van der Waals surface area contributed by atoms with Crippen molar-refractivity contribution in [2.24, 2.45) is 23.7 Å². The highest BCUT2D eigenvalue weighted by molar-refractivity contribution is 14.0. The second-order valence-electron chi connectivity index (χ2n) is 6.41. The second kappa shape index (κ2) is 8.50. The smallest absolute Gasteiger partial charge is 0.191 e. The quantitative estimate of drug-likeness (QED) is 0.454. The fourth-order valence-corrected chi connectivity index (χ4v) is 3.16. The van der Waals surface area contributed by atoms with E-state index in [0.29, 0.717) is 18.4 Å². The molecule has 5 nitrogen and oxygen atoms in total. The van der Waals surface area contributed by atoms with Gasteiger partial charge < -0.3 is 10.6 Å². The molecule has 1 aromatic carbocycles. The molecule has 2 heterocycles. The summed E-state index contributed by atoms with van der Waals surface area (Å²) in [5, 5.41) is 4.58. The second-order valence-corrected chi connectivity index (χ2v) is 6.41. The van der Waals surface area contributed by atoms with Gasteiger partial charge in [0, 0.05) is 37.5 Å². The Morgan fingerprint density at radius 3 is 2.79 bits per heavy atom. The predicted octanol–water partition coefficient (Wildman–Crippen LogP) is 3.25. The molecule has 0 radical (unpaired) electrons. The molecule has 2 N–H and O–H groups in total. The van der Waals surface area contributed by atoms with Gasteiger partial charge in [0.25, 0.3) is 0 Å². The van der Waals surface area contributed by atoms with Crippen LogP contribution in [0.3, 0.4) is 0 Å². The zero-order chi connectivity index (χ0) is 16.2. The summed E-state index contributed by atoms with van der Waals surface area (Å²) in [6, 6.07) is 10.2. The van der Waals surface area contributed by atoms with Crippen molar-refractivity contribution in [3.05, 3.63) is 42.1 Å². The Bertz CT molecular complexity index is 680. The molecule has 0 bridgehead atoms. The number of likely N-dealkylation sites (tertiary alicyclic amines) is 1. The number of rotatable bonds is 3. The van der Waals surface area contributed by atoms with Gasteiger partial charge in [0.2, 0.25) is 0 Å². The number of piperidine rings is 1. The lowest BCUT2D eigenvalue weighted by molar-refractivity contribution is 0.270. The minimum absolute atomic E-state index is 0. The molecule has 0 saturated carbocycles. The third kappa shape index (κ3) is 4.49. The van der Waals surface area contributed by atoms with Crippen LogP contribution >= 0.6 is 24.0 Å². The fraction of sp³-hybridized carbons (Fsp3) is 0.444. The first kappa shape index (κ1) is 18.8. The van der Waals surface area contributed by atoms with E-state index in [0.717, 1.165) is 29.9 Å². The molecule has 3 rings (SSSR count). The Hall–Kier alpha value is -1.57. The zero-order valence-corrected chi connectivity index (χ0v) is 16.7. The van der Waals surface area contributed by atoms with Crippen LogP contribution in [0.4, 0.5) is 0 Å². The molecule has 1 atom stereocenters. The topological polar surface area (TPSA) is 59.4 Å². The molecule has 0 amide bonds. The van der Waals surface area contributed by atoms with Gasteiger partial charge in [0.15, 0.2) is 5.96 Å². The highest BCUT2D eigenvalue weighted by Gasteiger charge is 2.18. The van der Waals surface area contributed by atoms with Crippen molar-refractivity contribution in [1.82, 2.24) is 14.7 Å². The number of nitrogens with zero attached hydrogens (tertiary/aromatic N) is 4. The van der Waals surface area contributed by atoms with Gasteiger partial charge >= 0.3 is 0 Å². The van der Waals surface area contributed by atoms with Crippen molar-refractivity contribution < 1.29 is 0 Å². The minimum atomic E-state index is 0. The monoisotopic (exact) mass is 439 g/mol. The van der Waals surface area contributed by atoms with Crippen molar-refractivity contribution in [1.29, 1.82) is 0 Å². The molecule has 1 unspecified atom stereocenters. The van der Waals surface area contributed by atoms with Crippen molar-refractivity contribution in [3.63, 3.8) is 0 Å². The van der Waals surface area contributed by atoms with Crippen LogP contribution in [0.15, 0.2) is 41.5 Å². The van der Waals surface area contributed by atoms with E-state index in [4.69, 9.17) is 5.73 Å². The molecular weight excluding hydrogens is 413 g/mol. The van der Waals surface area contributed by atoms with E-state index < -0.39 is 0 Å². The van der Waals surface area contributed by atoms with Gasteiger partial charge in [-0.15, -0.1) is 24.0 Å². The first-order valence-corrected chi connectivity index (χ1v) is 8.26. The van der Waals surface area contributed by atoms with Gasteiger partial charge in [-0.25, -0.2) is 4.99 Å². The zero-order valence-electron chi connectivity index (χ0n) is 14.4. The van der Waals surface area contributed by atoms with E-state index in [2.05, 4.69) is 34.0 Å². The van der Waals surface area contributed by atoms with Crippen LogP contribution in [0.2, 0.25) is 0 Å². The summed E-state index contributed by atoms with van der Waals surface area (Å²) in [6.07, 6.45) is 4.50. The van der Waals surface area contributed by atoms with Crippen molar-refractivity contribution in [2.75, 3.05) is 13.1 Å². The summed E-state index contributed by atoms with van der Waals surface area (Å²) < 4.78 is 1.84. The number of nitrogens with two attached hydrogens (primary N) is 1. The largest absolute Gasteiger partial charge is 0.370 e. The van der Waals surface area contributed by atoms with Crippen LogP contribution in [0, 0.1) is 5.92 Å². The molecule has 1 aromatic heterocycles. The van der Waals surface area contributed by atoms with E-state index in [1.165, 1.54) is 12.8 Å². The summed E-state index contributed by atoms with van der Waals surface area (Å²) in [6.45, 7) is 4.86. The maximum Gasteiger partial charge on any atom is 0.191 e. The van der Waals surface area contributed by atoms with E-state index in [9.17, 15) is 0 Å². The first-order valence-electron chi connectivity index (χ1n) is 8.26. The van der Waals surface area contributed by atoms with E-state index >= 15 is 0 Å². The first-order chi connectivity index (χ1) is 11.1. The molecular formula is C18H26IN5. The molecule has 0 aliphatic carbocycles. The summed E-state index contributed by atoms with van der Waals surface area (Å²) >= 11 is 0. The SMILES string of the molecule is CC1CCCN(C(N)=NCc2cn(C)nc2-c2ccccc2)C1.I. The van der Waals surface area contributed by atoms with Gasteiger partial charge in [-0.2, -0.15) is 5.10 Å². The standard InChI is InChI=1S/C18H25N5.HI/c1-14-7-6-10-23(12-14)18(19)20-11-16-13-22(2)21-17(16)15-8-4-3-5-9-15;/h3-5,8-9,13-14H,6-7,10-12H2,1-2H3,(H2,19,20);1H. The molecule has 1 aliphatic rings. The Kier molecular flexibility index (Phi) is 6.65. The maximum atomic E-state index is 6.20. The maximum absolute atomic E-state index is 6.20. The van der Waals surface area contributed by atoms with Gasteiger partial charge in [-0.05, 0) is 18.8 Å². The lowest BCUT2D eigenvalue weighted by atomic mass is 10.0. The van der Waals surface area contributed by atoms with E-state index in [1.807, 2.05) is 36.1 Å². The number of benzene rings is 1. The molecule has 1 saturated heterocycles. The number of aryl methyl sites for hydroxylation is 1.